The Morgan fingerprint density at radius 2 is 2.00 bits per heavy atom. The molecule has 1 aromatic heterocycles. The van der Waals surface area contributed by atoms with Crippen molar-refractivity contribution in [2.45, 2.75) is 31.2 Å². The number of sulfone groups is 1. The second-order valence-electron chi connectivity index (χ2n) is 6.61. The normalized spacial score (nSPS) is 21.7. The van der Waals surface area contributed by atoms with Gasteiger partial charge in [-0.3, -0.25) is 0 Å². The van der Waals surface area contributed by atoms with Crippen LogP contribution in [0, 0.1) is 0 Å². The molecule has 0 bridgehead atoms. The zero-order chi connectivity index (χ0) is 18.9. The lowest BCUT2D eigenvalue weighted by molar-refractivity contribution is 0.600. The molecule has 0 aliphatic carbocycles. The summed E-state index contributed by atoms with van der Waals surface area (Å²) in [5.74, 6) is 0.460. The monoisotopic (exact) mass is 429 g/mol. The molecular formula is C17H20ClN3O2S3. The molecule has 0 unspecified atom stereocenters. The number of aromatic nitrogens is 1. The van der Waals surface area contributed by atoms with Gasteiger partial charge in [-0.1, -0.05) is 38.1 Å². The van der Waals surface area contributed by atoms with Gasteiger partial charge >= 0.3 is 0 Å². The molecule has 1 aliphatic heterocycles. The molecule has 5 nitrogen and oxygen atoms in total. The quantitative estimate of drug-likeness (QED) is 0.571. The van der Waals surface area contributed by atoms with E-state index in [1.54, 1.807) is 0 Å². The third-order valence-corrected chi connectivity index (χ3v) is 7.55. The van der Waals surface area contributed by atoms with Crippen LogP contribution in [0.5, 0.6) is 0 Å². The number of hydrogen-bond acceptors (Lipinski definition) is 5. The maximum absolute atomic E-state index is 11.6. The molecule has 1 aromatic carbocycles. The van der Waals surface area contributed by atoms with E-state index in [0.29, 0.717) is 16.2 Å². The highest BCUT2D eigenvalue weighted by atomic mass is 35.5. The van der Waals surface area contributed by atoms with Crippen LogP contribution in [0.2, 0.25) is 0 Å². The number of anilines is 1. The molecule has 26 heavy (non-hydrogen) atoms. The van der Waals surface area contributed by atoms with Crippen molar-refractivity contribution in [1.82, 2.24) is 10.3 Å². The van der Waals surface area contributed by atoms with E-state index in [-0.39, 0.29) is 17.5 Å². The Labute approximate surface area is 168 Å². The predicted molar refractivity (Wildman–Crippen MR) is 113 cm³/mol. The van der Waals surface area contributed by atoms with Crippen molar-refractivity contribution in [2.24, 2.45) is 0 Å². The summed E-state index contributed by atoms with van der Waals surface area (Å²) in [6, 6.07) is 7.96. The summed E-state index contributed by atoms with van der Waals surface area (Å²) in [5, 5.41) is 8.44. The van der Waals surface area contributed by atoms with E-state index < -0.39 is 15.2 Å². The van der Waals surface area contributed by atoms with Crippen molar-refractivity contribution in [1.29, 1.82) is 0 Å². The van der Waals surface area contributed by atoms with E-state index in [4.69, 9.17) is 23.8 Å². The van der Waals surface area contributed by atoms with E-state index in [2.05, 4.69) is 53.7 Å². The third-order valence-electron chi connectivity index (χ3n) is 4.20. The molecule has 0 amide bonds. The van der Waals surface area contributed by atoms with Gasteiger partial charge < -0.3 is 10.6 Å². The SMILES string of the molecule is CC(C)c1ccc(-c2csc(NC(=S)N[C@@H]3CS(=O)(=O)C[C@@H]3Cl)n2)cc1. The van der Waals surface area contributed by atoms with E-state index in [1.807, 2.05) is 5.38 Å². The molecule has 2 N–H and O–H groups in total. The largest absolute Gasteiger partial charge is 0.357 e. The Hall–Kier alpha value is -1.22. The number of rotatable bonds is 4. The lowest BCUT2D eigenvalue weighted by Gasteiger charge is -2.16. The van der Waals surface area contributed by atoms with Crippen molar-refractivity contribution in [3.05, 3.63) is 35.2 Å². The summed E-state index contributed by atoms with van der Waals surface area (Å²) in [5.41, 5.74) is 3.20. The van der Waals surface area contributed by atoms with Gasteiger partial charge in [-0.15, -0.1) is 22.9 Å². The highest BCUT2D eigenvalue weighted by Gasteiger charge is 2.36. The van der Waals surface area contributed by atoms with Gasteiger partial charge in [0.15, 0.2) is 20.1 Å². The van der Waals surface area contributed by atoms with Crippen LogP contribution in [-0.2, 0) is 9.84 Å². The first-order valence-corrected chi connectivity index (χ1v) is 11.8. The number of alkyl halides is 1. The molecule has 2 aromatic rings. The fourth-order valence-electron chi connectivity index (χ4n) is 2.74. The predicted octanol–water partition coefficient (Wildman–Crippen LogP) is 3.62. The molecule has 0 radical (unpaired) electrons. The number of nitrogens with one attached hydrogen (secondary N) is 2. The average Bonchev–Trinajstić information content (AvgIpc) is 3.11. The number of thiazole rings is 1. The lowest BCUT2D eigenvalue weighted by atomic mass is 10.0. The smallest absolute Gasteiger partial charge is 0.189 e. The van der Waals surface area contributed by atoms with E-state index in [1.165, 1.54) is 16.9 Å². The Morgan fingerprint density at radius 3 is 2.58 bits per heavy atom. The molecule has 3 rings (SSSR count). The summed E-state index contributed by atoms with van der Waals surface area (Å²) in [7, 11) is -3.10. The molecule has 2 heterocycles. The third kappa shape index (κ3) is 4.73. The van der Waals surface area contributed by atoms with Gasteiger partial charge in [-0.05, 0) is 23.7 Å². The zero-order valence-electron chi connectivity index (χ0n) is 14.4. The molecule has 1 aliphatic rings. The standard InChI is InChI=1S/C17H20ClN3O2S3/c1-10(2)11-3-5-12(6-4-11)14-7-25-17(20-14)21-16(24)19-15-9-26(22,23)8-13(15)18/h3-7,10,13,15H,8-9H2,1-2H3,(H2,19,20,21,24)/t13-,15+/m0/s1. The number of hydrogen-bond donors (Lipinski definition) is 2. The van der Waals surface area contributed by atoms with Gasteiger partial charge in [0.2, 0.25) is 0 Å². The van der Waals surface area contributed by atoms with Gasteiger partial charge in [0.1, 0.15) is 0 Å². The van der Waals surface area contributed by atoms with Gasteiger partial charge in [0, 0.05) is 10.9 Å². The van der Waals surface area contributed by atoms with Crippen LogP contribution < -0.4 is 10.6 Å². The first-order valence-electron chi connectivity index (χ1n) is 8.21. The highest BCUT2D eigenvalue weighted by Crippen LogP contribution is 2.26. The van der Waals surface area contributed by atoms with E-state index >= 15 is 0 Å². The minimum Gasteiger partial charge on any atom is -0.357 e. The van der Waals surface area contributed by atoms with Crippen molar-refractivity contribution in [3.63, 3.8) is 0 Å². The molecule has 1 fully saturated rings. The maximum atomic E-state index is 11.6. The van der Waals surface area contributed by atoms with Crippen LogP contribution in [0.15, 0.2) is 29.6 Å². The van der Waals surface area contributed by atoms with Crippen LogP contribution in [-0.4, -0.2) is 41.4 Å². The Balaban J connectivity index is 1.62. The molecule has 0 spiro atoms. The first-order chi connectivity index (χ1) is 12.2. The Kier molecular flexibility index (Phi) is 5.86. The minimum atomic E-state index is -3.10. The van der Waals surface area contributed by atoms with Crippen LogP contribution >= 0.6 is 35.2 Å². The van der Waals surface area contributed by atoms with Crippen LogP contribution in [0.1, 0.15) is 25.3 Å². The number of benzene rings is 1. The Bertz CT molecular complexity index is 894. The zero-order valence-corrected chi connectivity index (χ0v) is 17.6. The van der Waals surface area contributed by atoms with Crippen molar-refractivity contribution < 1.29 is 8.42 Å². The van der Waals surface area contributed by atoms with Gasteiger partial charge in [0.25, 0.3) is 0 Å². The maximum Gasteiger partial charge on any atom is 0.189 e. The minimum absolute atomic E-state index is 0.00565. The van der Waals surface area contributed by atoms with E-state index in [0.717, 1.165) is 11.3 Å². The number of nitrogens with zero attached hydrogens (tertiary/aromatic N) is 1. The summed E-state index contributed by atoms with van der Waals surface area (Å²) < 4.78 is 23.2. The molecule has 2 atom stereocenters. The summed E-state index contributed by atoms with van der Waals surface area (Å²) in [4.78, 5) is 4.55. The summed E-state index contributed by atoms with van der Waals surface area (Å²) >= 11 is 12.8. The fraction of sp³-hybridized carbons (Fsp3) is 0.412. The molecule has 0 saturated carbocycles. The van der Waals surface area contributed by atoms with Gasteiger partial charge in [0.05, 0.1) is 28.6 Å². The van der Waals surface area contributed by atoms with Crippen molar-refractivity contribution in [3.8, 4) is 11.3 Å². The fourth-order valence-corrected chi connectivity index (χ4v) is 6.33. The second-order valence-corrected chi connectivity index (χ2v) is 10.6. The lowest BCUT2D eigenvalue weighted by Crippen LogP contribution is -2.42. The number of thiocarbonyl (C=S) groups is 1. The number of halogens is 1. The topological polar surface area (TPSA) is 71.1 Å². The molecular weight excluding hydrogens is 410 g/mol. The average molecular weight is 430 g/mol. The molecule has 140 valence electrons. The van der Waals surface area contributed by atoms with Crippen LogP contribution in [0.4, 0.5) is 5.13 Å². The summed E-state index contributed by atoms with van der Waals surface area (Å²) in [6.45, 7) is 4.32. The van der Waals surface area contributed by atoms with Crippen LogP contribution in [0.3, 0.4) is 0 Å². The Morgan fingerprint density at radius 1 is 1.31 bits per heavy atom. The van der Waals surface area contributed by atoms with Crippen molar-refractivity contribution in [2.75, 3.05) is 16.8 Å². The molecule has 9 heteroatoms. The highest BCUT2D eigenvalue weighted by molar-refractivity contribution is 7.91. The first kappa shape index (κ1) is 19.5. The van der Waals surface area contributed by atoms with Gasteiger partial charge in [-0.2, -0.15) is 0 Å². The van der Waals surface area contributed by atoms with E-state index in [9.17, 15) is 8.42 Å². The van der Waals surface area contributed by atoms with Crippen molar-refractivity contribution >= 4 is 55.2 Å². The van der Waals surface area contributed by atoms with Crippen LogP contribution in [0.25, 0.3) is 11.3 Å². The van der Waals surface area contributed by atoms with Gasteiger partial charge in [-0.25, -0.2) is 13.4 Å². The second kappa shape index (κ2) is 7.80. The molecule has 1 saturated heterocycles. The summed E-state index contributed by atoms with van der Waals surface area (Å²) in [6.07, 6.45) is 0.